The Morgan fingerprint density at radius 2 is 1.68 bits per heavy atom. The second kappa shape index (κ2) is 5.99. The van der Waals surface area contributed by atoms with Crippen LogP contribution in [0.3, 0.4) is 0 Å². The molecule has 11 heteroatoms. The predicted molar refractivity (Wildman–Crippen MR) is 88.7 cm³/mol. The lowest BCUT2D eigenvalue weighted by atomic mass is 10.3. The van der Waals surface area contributed by atoms with Gasteiger partial charge in [-0.3, -0.25) is 10.8 Å². The fourth-order valence-electron chi connectivity index (χ4n) is 1.62. The number of rotatable bonds is 1. The average molecular weight is 378 g/mol. The maximum Gasteiger partial charge on any atom is 0.248 e. The minimum absolute atomic E-state index is 0.111. The van der Waals surface area contributed by atoms with E-state index in [0.29, 0.717) is 17.3 Å². The summed E-state index contributed by atoms with van der Waals surface area (Å²) >= 11 is 12.1. The Morgan fingerprint density at radius 3 is 2.18 bits per heavy atom. The Kier molecular flexibility index (Phi) is 4.62. The van der Waals surface area contributed by atoms with Crippen molar-refractivity contribution in [1.29, 1.82) is 10.8 Å². The molecule has 22 heavy (non-hydrogen) atoms. The molecule has 0 atom stereocenters. The normalized spacial score (nSPS) is 11.6. The van der Waals surface area contributed by atoms with Gasteiger partial charge in [0.05, 0.1) is 26.8 Å². The second-order valence-electron chi connectivity index (χ2n) is 4.13. The van der Waals surface area contributed by atoms with Crippen LogP contribution in [-0.2, 0) is 9.84 Å². The van der Waals surface area contributed by atoms with Crippen LogP contribution in [0.2, 0.25) is 10.0 Å². The SMILES string of the molecule is Cc1nc2cc(Cl)c(Cl)cc2nc1S(=O)(=O)C(=N)SC(=N)N. The summed E-state index contributed by atoms with van der Waals surface area (Å²) < 4.78 is 23.9. The van der Waals surface area contributed by atoms with Gasteiger partial charge in [0.1, 0.15) is 0 Å². The molecule has 7 nitrogen and oxygen atoms in total. The Bertz CT molecular complexity index is 914. The van der Waals surface area contributed by atoms with Crippen molar-refractivity contribution in [1.82, 2.24) is 9.97 Å². The summed E-state index contributed by atoms with van der Waals surface area (Å²) in [5.74, 6) is 0. The zero-order chi connectivity index (χ0) is 16.7. The van der Waals surface area contributed by atoms with Gasteiger partial charge >= 0.3 is 0 Å². The Hall–Kier alpha value is -1.42. The van der Waals surface area contributed by atoms with Crippen molar-refractivity contribution in [3.63, 3.8) is 0 Å². The number of benzene rings is 1. The van der Waals surface area contributed by atoms with Gasteiger partial charge in [0.25, 0.3) is 0 Å². The van der Waals surface area contributed by atoms with Gasteiger partial charge in [0.15, 0.2) is 14.6 Å². The fourth-order valence-corrected chi connectivity index (χ4v) is 3.91. The number of nitrogens with two attached hydrogens (primary N) is 1. The van der Waals surface area contributed by atoms with Gasteiger partial charge in [0.2, 0.25) is 9.84 Å². The first-order valence-electron chi connectivity index (χ1n) is 5.62. The number of fused-ring (bicyclic) bond motifs is 1. The van der Waals surface area contributed by atoms with Crippen molar-refractivity contribution in [2.75, 3.05) is 0 Å². The molecule has 0 aliphatic carbocycles. The van der Waals surface area contributed by atoms with E-state index in [0.717, 1.165) is 0 Å². The van der Waals surface area contributed by atoms with Crippen molar-refractivity contribution < 1.29 is 8.42 Å². The van der Waals surface area contributed by atoms with Gasteiger partial charge in [-0.15, -0.1) is 0 Å². The number of aryl methyl sites for hydroxylation is 1. The van der Waals surface area contributed by atoms with Crippen LogP contribution in [0, 0.1) is 17.7 Å². The molecule has 1 aromatic heterocycles. The van der Waals surface area contributed by atoms with E-state index in [2.05, 4.69) is 9.97 Å². The highest BCUT2D eigenvalue weighted by molar-refractivity contribution is 8.42. The van der Waals surface area contributed by atoms with Gasteiger partial charge < -0.3 is 5.73 Å². The Balaban J connectivity index is 2.65. The molecule has 1 aromatic carbocycles. The van der Waals surface area contributed by atoms with Crippen LogP contribution in [0.5, 0.6) is 0 Å². The zero-order valence-electron chi connectivity index (χ0n) is 11.0. The first-order chi connectivity index (χ1) is 10.1. The molecular weight excluding hydrogens is 369 g/mol. The number of hydrogen-bond donors (Lipinski definition) is 3. The van der Waals surface area contributed by atoms with Crippen molar-refractivity contribution in [3.8, 4) is 0 Å². The average Bonchev–Trinajstić information content (AvgIpc) is 2.39. The van der Waals surface area contributed by atoms with Crippen LogP contribution >= 0.6 is 35.0 Å². The van der Waals surface area contributed by atoms with Crippen molar-refractivity contribution in [2.45, 2.75) is 11.9 Å². The molecule has 0 saturated heterocycles. The highest BCUT2D eigenvalue weighted by Gasteiger charge is 2.27. The smallest absolute Gasteiger partial charge is 0.248 e. The van der Waals surface area contributed by atoms with Crippen LogP contribution in [-0.4, -0.2) is 27.9 Å². The molecular formula is C11H9Cl2N5O2S2. The molecule has 0 aliphatic rings. The first-order valence-corrected chi connectivity index (χ1v) is 8.67. The predicted octanol–water partition coefficient (Wildman–Crippen LogP) is 2.58. The van der Waals surface area contributed by atoms with Crippen LogP contribution < -0.4 is 5.73 Å². The van der Waals surface area contributed by atoms with Crippen LogP contribution in [0.1, 0.15) is 5.69 Å². The van der Waals surface area contributed by atoms with E-state index in [4.69, 9.17) is 39.8 Å². The van der Waals surface area contributed by atoms with Crippen molar-refractivity contribution in [3.05, 3.63) is 27.9 Å². The quantitative estimate of drug-likeness (QED) is 0.516. The molecule has 0 bridgehead atoms. The summed E-state index contributed by atoms with van der Waals surface area (Å²) in [6.45, 7) is 1.45. The molecule has 0 spiro atoms. The minimum Gasteiger partial charge on any atom is -0.378 e. The van der Waals surface area contributed by atoms with Crippen LogP contribution in [0.15, 0.2) is 17.2 Å². The number of hydrogen-bond acceptors (Lipinski definition) is 7. The standard InChI is InChI=1S/C11H9Cl2N5O2S2/c1-4-9(22(19,20)11(16)21-10(14)15)18-8-3-6(13)5(12)2-7(8)17-4/h2-3,16H,1H3,(H3,14,15). The summed E-state index contributed by atoms with van der Waals surface area (Å²) in [5.41, 5.74) is 5.84. The summed E-state index contributed by atoms with van der Waals surface area (Å²) in [6, 6.07) is 2.87. The summed E-state index contributed by atoms with van der Waals surface area (Å²) in [5, 5.41) is 14.3. The molecule has 2 aromatic rings. The van der Waals surface area contributed by atoms with Crippen molar-refractivity contribution in [2.24, 2.45) is 5.73 Å². The number of sulfone groups is 1. The number of nitrogens with zero attached hydrogens (tertiary/aromatic N) is 2. The lowest BCUT2D eigenvalue weighted by molar-refractivity contribution is 0.603. The van der Waals surface area contributed by atoms with E-state index < -0.39 is 19.4 Å². The molecule has 0 amide bonds. The maximum atomic E-state index is 12.3. The summed E-state index contributed by atoms with van der Waals surface area (Å²) in [4.78, 5) is 8.15. The van der Waals surface area contributed by atoms with Gasteiger partial charge in [-0.25, -0.2) is 18.4 Å². The highest BCUT2D eigenvalue weighted by Crippen LogP contribution is 2.28. The highest BCUT2D eigenvalue weighted by atomic mass is 35.5. The van der Waals surface area contributed by atoms with E-state index in [9.17, 15) is 8.42 Å². The molecule has 0 fully saturated rings. The molecule has 0 saturated carbocycles. The van der Waals surface area contributed by atoms with E-state index in [1.54, 1.807) is 0 Å². The zero-order valence-corrected chi connectivity index (χ0v) is 14.2. The lowest BCUT2D eigenvalue weighted by Gasteiger charge is -2.08. The number of thioether (sulfide) groups is 1. The van der Waals surface area contributed by atoms with Crippen LogP contribution in [0.25, 0.3) is 11.0 Å². The molecule has 116 valence electrons. The molecule has 0 radical (unpaired) electrons. The van der Waals surface area contributed by atoms with Crippen molar-refractivity contribution >= 4 is 65.4 Å². The van der Waals surface area contributed by atoms with Crippen LogP contribution in [0.4, 0.5) is 0 Å². The molecule has 4 N–H and O–H groups in total. The third-order valence-electron chi connectivity index (χ3n) is 2.54. The fraction of sp³-hybridized carbons (Fsp3) is 0.0909. The molecule has 2 rings (SSSR count). The number of amidine groups is 1. The lowest BCUT2D eigenvalue weighted by Crippen LogP contribution is -2.18. The largest absolute Gasteiger partial charge is 0.378 e. The first kappa shape index (κ1) is 16.9. The summed E-state index contributed by atoms with van der Waals surface area (Å²) in [7, 11) is -4.20. The number of halogens is 2. The summed E-state index contributed by atoms with van der Waals surface area (Å²) in [6.07, 6.45) is 0. The van der Waals surface area contributed by atoms with E-state index in [-0.39, 0.29) is 26.3 Å². The third kappa shape index (κ3) is 3.17. The van der Waals surface area contributed by atoms with Gasteiger partial charge in [-0.1, -0.05) is 23.2 Å². The van der Waals surface area contributed by atoms with E-state index in [1.165, 1.54) is 19.1 Å². The number of nitrogens with one attached hydrogen (secondary N) is 2. The van der Waals surface area contributed by atoms with Gasteiger partial charge in [-0.05, 0) is 30.8 Å². The topological polar surface area (TPSA) is 134 Å². The molecule has 1 heterocycles. The molecule has 0 aliphatic heterocycles. The Morgan fingerprint density at radius 1 is 1.18 bits per heavy atom. The third-order valence-corrected chi connectivity index (χ3v) is 5.96. The monoisotopic (exact) mass is 377 g/mol. The maximum absolute atomic E-state index is 12.3. The molecule has 0 unspecified atom stereocenters. The van der Waals surface area contributed by atoms with E-state index >= 15 is 0 Å². The van der Waals surface area contributed by atoms with E-state index in [1.807, 2.05) is 0 Å². The number of aromatic nitrogens is 2. The second-order valence-corrected chi connectivity index (χ2v) is 8.05. The van der Waals surface area contributed by atoms with Gasteiger partial charge in [0, 0.05) is 0 Å². The minimum atomic E-state index is -4.20. The Labute approximate surface area is 140 Å². The van der Waals surface area contributed by atoms with Gasteiger partial charge in [-0.2, -0.15) is 0 Å².